The molecule has 0 amide bonds. The van der Waals surface area contributed by atoms with Crippen LogP contribution in [0.4, 0.5) is 0 Å². The highest BCUT2D eigenvalue weighted by atomic mass is 16.6. The van der Waals surface area contributed by atoms with Crippen molar-refractivity contribution >= 4 is 17.9 Å². The first-order valence-electron chi connectivity index (χ1n) is 31.8. The molecule has 6 nitrogen and oxygen atoms in total. The van der Waals surface area contributed by atoms with Gasteiger partial charge in [-0.25, -0.2) is 0 Å². The summed E-state index contributed by atoms with van der Waals surface area (Å²) >= 11 is 0. The van der Waals surface area contributed by atoms with Crippen LogP contribution in [-0.2, 0) is 28.6 Å². The van der Waals surface area contributed by atoms with Crippen LogP contribution >= 0.6 is 0 Å². The van der Waals surface area contributed by atoms with Gasteiger partial charge in [-0.05, 0) is 70.6 Å². The average molecular weight is 1000 g/mol. The minimum Gasteiger partial charge on any atom is -0.462 e. The van der Waals surface area contributed by atoms with E-state index in [1.807, 2.05) is 0 Å². The Bertz CT molecular complexity index is 1150. The number of rotatable bonds is 59. The smallest absolute Gasteiger partial charge is 0.306 e. The monoisotopic (exact) mass is 999 g/mol. The SMILES string of the molecule is CCCCCCCC/C=C\CCCCCCCCCCCC(=O)OC(COC(=O)CCCCCCCCCCC)COC(=O)CCCCCCCCCCCCCCC/C=C\CCCCCCCCCC. The fourth-order valence-corrected chi connectivity index (χ4v) is 9.61. The van der Waals surface area contributed by atoms with Crippen LogP contribution in [0.2, 0.25) is 0 Å². The van der Waals surface area contributed by atoms with Crippen LogP contribution in [-0.4, -0.2) is 37.2 Å². The van der Waals surface area contributed by atoms with Crippen LogP contribution in [0.5, 0.6) is 0 Å². The molecule has 0 aliphatic rings. The first-order valence-corrected chi connectivity index (χ1v) is 31.8. The first kappa shape index (κ1) is 68.9. The predicted molar refractivity (Wildman–Crippen MR) is 307 cm³/mol. The van der Waals surface area contributed by atoms with Gasteiger partial charge in [0.05, 0.1) is 0 Å². The topological polar surface area (TPSA) is 78.9 Å². The van der Waals surface area contributed by atoms with Crippen LogP contribution in [0.25, 0.3) is 0 Å². The van der Waals surface area contributed by atoms with E-state index in [0.717, 1.165) is 57.8 Å². The fraction of sp³-hybridized carbons (Fsp3) is 0.892. The second kappa shape index (κ2) is 60.4. The van der Waals surface area contributed by atoms with E-state index >= 15 is 0 Å². The van der Waals surface area contributed by atoms with Gasteiger partial charge in [0, 0.05) is 19.3 Å². The van der Waals surface area contributed by atoms with E-state index in [-0.39, 0.29) is 31.1 Å². The lowest BCUT2D eigenvalue weighted by Crippen LogP contribution is -2.30. The minimum atomic E-state index is -0.768. The van der Waals surface area contributed by atoms with Gasteiger partial charge in [-0.2, -0.15) is 0 Å². The Labute approximate surface area is 443 Å². The molecule has 0 aromatic carbocycles. The Balaban J connectivity index is 4.15. The molecule has 0 radical (unpaired) electrons. The zero-order valence-electron chi connectivity index (χ0n) is 48.0. The quantitative estimate of drug-likeness (QED) is 0.0261. The third kappa shape index (κ3) is 58.7. The second-order valence-corrected chi connectivity index (χ2v) is 21.7. The maximum Gasteiger partial charge on any atom is 0.306 e. The van der Waals surface area contributed by atoms with Crippen molar-refractivity contribution in [2.45, 2.75) is 361 Å². The molecule has 0 fully saturated rings. The van der Waals surface area contributed by atoms with Gasteiger partial charge in [0.25, 0.3) is 0 Å². The normalized spacial score (nSPS) is 12.1. The molecule has 0 aromatic heterocycles. The molecule has 0 aliphatic heterocycles. The lowest BCUT2D eigenvalue weighted by Gasteiger charge is -2.18. The number of hydrogen-bond donors (Lipinski definition) is 0. The Hall–Kier alpha value is -2.11. The molecular formula is C65H122O6. The highest BCUT2D eigenvalue weighted by Gasteiger charge is 2.19. The summed E-state index contributed by atoms with van der Waals surface area (Å²) in [6, 6.07) is 0. The predicted octanol–water partition coefficient (Wildman–Crippen LogP) is 21.4. The maximum absolute atomic E-state index is 12.9. The van der Waals surface area contributed by atoms with Crippen molar-refractivity contribution in [1.29, 1.82) is 0 Å². The molecule has 0 aromatic rings. The van der Waals surface area contributed by atoms with Crippen molar-refractivity contribution in [3.8, 4) is 0 Å². The Kier molecular flexibility index (Phi) is 58.6. The lowest BCUT2D eigenvalue weighted by molar-refractivity contribution is -0.167. The van der Waals surface area contributed by atoms with Gasteiger partial charge >= 0.3 is 17.9 Å². The van der Waals surface area contributed by atoms with Crippen LogP contribution < -0.4 is 0 Å². The minimum absolute atomic E-state index is 0.0673. The molecule has 6 heteroatoms. The molecule has 0 bridgehead atoms. The van der Waals surface area contributed by atoms with Gasteiger partial charge in [0.1, 0.15) is 13.2 Å². The first-order chi connectivity index (χ1) is 35.0. The summed E-state index contributed by atoms with van der Waals surface area (Å²) in [4.78, 5) is 38.1. The molecule has 0 N–H and O–H groups in total. The molecule has 0 aliphatic carbocycles. The van der Waals surface area contributed by atoms with Crippen molar-refractivity contribution in [3.63, 3.8) is 0 Å². The molecular weight excluding hydrogens is 877 g/mol. The number of carbonyl (C=O) groups is 3. The van der Waals surface area contributed by atoms with E-state index in [9.17, 15) is 14.4 Å². The maximum atomic E-state index is 12.9. The molecule has 0 heterocycles. The van der Waals surface area contributed by atoms with Gasteiger partial charge in [-0.1, -0.05) is 289 Å². The van der Waals surface area contributed by atoms with Crippen molar-refractivity contribution in [1.82, 2.24) is 0 Å². The van der Waals surface area contributed by atoms with E-state index < -0.39 is 6.10 Å². The van der Waals surface area contributed by atoms with Crippen molar-refractivity contribution in [2.75, 3.05) is 13.2 Å². The summed E-state index contributed by atoms with van der Waals surface area (Å²) in [6.07, 6.45) is 72.0. The summed E-state index contributed by atoms with van der Waals surface area (Å²) in [5, 5.41) is 0. The van der Waals surface area contributed by atoms with Crippen LogP contribution in [0, 0.1) is 0 Å². The number of carbonyl (C=O) groups excluding carboxylic acids is 3. The number of hydrogen-bond acceptors (Lipinski definition) is 6. The number of unbranched alkanes of at least 4 members (excludes halogenated alkanes) is 44. The van der Waals surface area contributed by atoms with Gasteiger partial charge in [0.2, 0.25) is 0 Å². The van der Waals surface area contributed by atoms with Crippen molar-refractivity contribution in [3.05, 3.63) is 24.3 Å². The molecule has 71 heavy (non-hydrogen) atoms. The number of allylic oxidation sites excluding steroid dienone is 4. The largest absolute Gasteiger partial charge is 0.462 e. The van der Waals surface area contributed by atoms with E-state index in [0.29, 0.717) is 19.3 Å². The Morgan fingerprint density at radius 3 is 0.704 bits per heavy atom. The number of esters is 3. The summed E-state index contributed by atoms with van der Waals surface area (Å²) in [5.74, 6) is -0.849. The lowest BCUT2D eigenvalue weighted by atomic mass is 10.0. The van der Waals surface area contributed by atoms with Gasteiger partial charge in [-0.3, -0.25) is 14.4 Å². The van der Waals surface area contributed by atoms with Crippen molar-refractivity contribution < 1.29 is 28.6 Å². The average Bonchev–Trinajstić information content (AvgIpc) is 3.37. The highest BCUT2D eigenvalue weighted by molar-refractivity contribution is 5.71. The molecule has 0 saturated carbocycles. The molecule has 418 valence electrons. The highest BCUT2D eigenvalue weighted by Crippen LogP contribution is 2.17. The fourth-order valence-electron chi connectivity index (χ4n) is 9.61. The summed E-state index contributed by atoms with van der Waals surface area (Å²) < 4.78 is 16.9. The zero-order valence-corrected chi connectivity index (χ0v) is 48.0. The van der Waals surface area contributed by atoms with E-state index in [1.165, 1.54) is 257 Å². The molecule has 0 spiro atoms. The Morgan fingerprint density at radius 1 is 0.268 bits per heavy atom. The second-order valence-electron chi connectivity index (χ2n) is 21.7. The van der Waals surface area contributed by atoms with Crippen LogP contribution in [0.3, 0.4) is 0 Å². The Morgan fingerprint density at radius 2 is 0.465 bits per heavy atom. The molecule has 1 unspecified atom stereocenters. The van der Waals surface area contributed by atoms with E-state index in [2.05, 4.69) is 45.1 Å². The van der Waals surface area contributed by atoms with E-state index in [1.54, 1.807) is 0 Å². The molecule has 0 saturated heterocycles. The van der Waals surface area contributed by atoms with Crippen LogP contribution in [0.1, 0.15) is 355 Å². The van der Waals surface area contributed by atoms with Crippen LogP contribution in [0.15, 0.2) is 24.3 Å². The summed E-state index contributed by atoms with van der Waals surface area (Å²) in [6.45, 7) is 6.67. The van der Waals surface area contributed by atoms with Gasteiger partial charge < -0.3 is 14.2 Å². The zero-order chi connectivity index (χ0) is 51.4. The third-order valence-electron chi connectivity index (χ3n) is 14.4. The molecule has 1 atom stereocenters. The van der Waals surface area contributed by atoms with Gasteiger partial charge in [-0.15, -0.1) is 0 Å². The van der Waals surface area contributed by atoms with E-state index in [4.69, 9.17) is 14.2 Å². The summed E-state index contributed by atoms with van der Waals surface area (Å²) in [7, 11) is 0. The third-order valence-corrected chi connectivity index (χ3v) is 14.4. The van der Waals surface area contributed by atoms with Gasteiger partial charge in [0.15, 0.2) is 6.10 Å². The molecule has 0 rings (SSSR count). The van der Waals surface area contributed by atoms with Crippen molar-refractivity contribution in [2.24, 2.45) is 0 Å². The standard InChI is InChI=1S/C65H122O6/c1-4-7-10-13-16-19-21-23-25-27-29-30-31-32-33-34-36-37-39-41-43-46-49-52-55-58-64(67)70-61-62(60-69-63(66)57-54-51-48-45-18-15-12-9-6-3)71-65(68)59-56-53-50-47-44-42-40-38-35-28-26-24-22-20-17-14-11-8-5-2/h24,26-27,29,62H,4-23,25,28,30-61H2,1-3H3/b26-24-,29-27-. The number of ether oxygens (including phenoxy) is 3. The summed E-state index contributed by atoms with van der Waals surface area (Å²) in [5.41, 5.74) is 0.